The second-order valence-electron chi connectivity index (χ2n) is 5.66. The van der Waals surface area contributed by atoms with Crippen molar-refractivity contribution in [2.45, 2.75) is 45.7 Å². The van der Waals surface area contributed by atoms with E-state index in [1.807, 2.05) is 11.7 Å². The Kier molecular flexibility index (Phi) is 4.40. The van der Waals surface area contributed by atoms with Gasteiger partial charge >= 0.3 is 0 Å². The van der Waals surface area contributed by atoms with E-state index in [0.29, 0.717) is 17.9 Å². The first-order valence-corrected chi connectivity index (χ1v) is 6.91. The third kappa shape index (κ3) is 3.12. The molecular weight excluding hydrogens is 226 g/mol. The van der Waals surface area contributed by atoms with Crippen molar-refractivity contribution in [1.29, 1.82) is 0 Å². The third-order valence-corrected chi connectivity index (χ3v) is 3.77. The van der Waals surface area contributed by atoms with Crippen molar-refractivity contribution in [2.75, 3.05) is 13.2 Å². The van der Waals surface area contributed by atoms with E-state index in [-0.39, 0.29) is 0 Å². The number of rotatable bonds is 5. The Labute approximate surface area is 110 Å². The van der Waals surface area contributed by atoms with Gasteiger partial charge in [0.05, 0.1) is 12.3 Å². The van der Waals surface area contributed by atoms with E-state index in [2.05, 4.69) is 37.4 Å². The summed E-state index contributed by atoms with van der Waals surface area (Å²) in [5.74, 6) is 1.14. The van der Waals surface area contributed by atoms with Gasteiger partial charge in [0, 0.05) is 38.0 Å². The fourth-order valence-electron chi connectivity index (χ4n) is 2.56. The Balaban J connectivity index is 1.92. The summed E-state index contributed by atoms with van der Waals surface area (Å²) in [6, 6.07) is 0.507. The van der Waals surface area contributed by atoms with Crippen LogP contribution in [0.1, 0.15) is 44.4 Å². The minimum atomic E-state index is 0.480. The number of aryl methyl sites for hydroxylation is 1. The summed E-state index contributed by atoms with van der Waals surface area (Å²) in [7, 11) is 1.99. The lowest BCUT2D eigenvalue weighted by Crippen LogP contribution is -2.33. The van der Waals surface area contributed by atoms with E-state index < -0.39 is 0 Å². The summed E-state index contributed by atoms with van der Waals surface area (Å²) in [5.41, 5.74) is 2.53. The molecule has 0 spiro atoms. The van der Waals surface area contributed by atoms with Crippen molar-refractivity contribution >= 4 is 0 Å². The molecule has 4 nitrogen and oxygen atoms in total. The number of nitrogens with zero attached hydrogens (tertiary/aromatic N) is 2. The predicted molar refractivity (Wildman–Crippen MR) is 72.5 cm³/mol. The Hall–Kier alpha value is -0.870. The summed E-state index contributed by atoms with van der Waals surface area (Å²) in [4.78, 5) is 0. The first-order chi connectivity index (χ1) is 8.58. The fraction of sp³-hybridized carbons (Fsp3) is 0.786. The number of hydrogen-bond donors (Lipinski definition) is 1. The van der Waals surface area contributed by atoms with Crippen molar-refractivity contribution in [3.05, 3.63) is 17.5 Å². The Bertz CT molecular complexity index is 380. The molecule has 2 heterocycles. The van der Waals surface area contributed by atoms with Crippen molar-refractivity contribution in [3.63, 3.8) is 0 Å². The van der Waals surface area contributed by atoms with Crippen LogP contribution in [0.2, 0.25) is 0 Å². The molecule has 1 N–H and O–H groups in total. The van der Waals surface area contributed by atoms with Crippen LogP contribution in [0.25, 0.3) is 0 Å². The fourth-order valence-corrected chi connectivity index (χ4v) is 2.56. The second-order valence-corrected chi connectivity index (χ2v) is 5.66. The zero-order valence-electron chi connectivity index (χ0n) is 11.9. The number of aromatic nitrogens is 2. The molecule has 1 aromatic heterocycles. The van der Waals surface area contributed by atoms with Crippen LogP contribution in [0.5, 0.6) is 0 Å². The van der Waals surface area contributed by atoms with Crippen LogP contribution in [0.4, 0.5) is 0 Å². The molecule has 0 aliphatic carbocycles. The van der Waals surface area contributed by atoms with Gasteiger partial charge in [-0.05, 0) is 25.2 Å². The highest BCUT2D eigenvalue weighted by molar-refractivity contribution is 5.20. The average molecular weight is 251 g/mol. The van der Waals surface area contributed by atoms with Gasteiger partial charge in [0.1, 0.15) is 0 Å². The number of ether oxygens (including phenoxy) is 1. The van der Waals surface area contributed by atoms with Crippen molar-refractivity contribution in [2.24, 2.45) is 13.0 Å². The van der Waals surface area contributed by atoms with Gasteiger partial charge in [-0.3, -0.25) is 4.68 Å². The molecule has 2 atom stereocenters. The Morgan fingerprint density at radius 3 is 2.89 bits per heavy atom. The van der Waals surface area contributed by atoms with Crippen LogP contribution >= 0.6 is 0 Å². The molecule has 18 heavy (non-hydrogen) atoms. The van der Waals surface area contributed by atoms with Crippen LogP contribution in [0.3, 0.4) is 0 Å². The van der Waals surface area contributed by atoms with E-state index in [4.69, 9.17) is 4.74 Å². The van der Waals surface area contributed by atoms with Crippen LogP contribution in [-0.4, -0.2) is 29.0 Å². The maximum absolute atomic E-state index is 5.44. The van der Waals surface area contributed by atoms with Gasteiger partial charge in [0.15, 0.2) is 0 Å². The van der Waals surface area contributed by atoms with Crippen LogP contribution in [0.15, 0.2) is 6.20 Å². The zero-order chi connectivity index (χ0) is 13.1. The van der Waals surface area contributed by atoms with Crippen molar-refractivity contribution < 1.29 is 4.74 Å². The lowest BCUT2D eigenvalue weighted by Gasteiger charge is -2.19. The van der Waals surface area contributed by atoms with Crippen molar-refractivity contribution in [1.82, 2.24) is 15.1 Å². The average Bonchev–Trinajstić information content (AvgIpc) is 2.94. The molecular formula is C14H25N3O. The van der Waals surface area contributed by atoms with Crippen molar-refractivity contribution in [3.8, 4) is 0 Å². The highest BCUT2D eigenvalue weighted by atomic mass is 16.5. The maximum Gasteiger partial charge on any atom is 0.0694 e. The van der Waals surface area contributed by atoms with E-state index in [0.717, 1.165) is 19.8 Å². The van der Waals surface area contributed by atoms with Gasteiger partial charge in [-0.25, -0.2) is 0 Å². The van der Waals surface area contributed by atoms with E-state index in [9.17, 15) is 0 Å². The highest BCUT2D eigenvalue weighted by Crippen LogP contribution is 2.19. The molecule has 0 bridgehead atoms. The van der Waals surface area contributed by atoms with Crippen LogP contribution in [-0.2, 0) is 18.3 Å². The maximum atomic E-state index is 5.44. The van der Waals surface area contributed by atoms with E-state index >= 15 is 0 Å². The molecule has 1 aliphatic heterocycles. The van der Waals surface area contributed by atoms with Gasteiger partial charge in [-0.15, -0.1) is 0 Å². The van der Waals surface area contributed by atoms with Gasteiger partial charge in [0.2, 0.25) is 0 Å². The smallest absolute Gasteiger partial charge is 0.0694 e. The molecule has 2 unspecified atom stereocenters. The molecule has 4 heteroatoms. The van der Waals surface area contributed by atoms with Gasteiger partial charge in [0.25, 0.3) is 0 Å². The lowest BCUT2D eigenvalue weighted by atomic mass is 10.00. The first-order valence-electron chi connectivity index (χ1n) is 6.91. The summed E-state index contributed by atoms with van der Waals surface area (Å²) < 4.78 is 7.35. The number of hydrogen-bond acceptors (Lipinski definition) is 3. The molecule has 2 rings (SSSR count). The van der Waals surface area contributed by atoms with Crippen LogP contribution < -0.4 is 5.32 Å². The lowest BCUT2D eigenvalue weighted by molar-refractivity contribution is 0.178. The van der Waals surface area contributed by atoms with Gasteiger partial charge in [-0.2, -0.15) is 5.10 Å². The van der Waals surface area contributed by atoms with E-state index in [1.54, 1.807) is 0 Å². The first kappa shape index (κ1) is 13.6. The topological polar surface area (TPSA) is 39.1 Å². The quantitative estimate of drug-likeness (QED) is 0.870. The zero-order valence-corrected chi connectivity index (χ0v) is 11.9. The Morgan fingerprint density at radius 1 is 1.50 bits per heavy atom. The second kappa shape index (κ2) is 5.85. The van der Waals surface area contributed by atoms with Gasteiger partial charge < -0.3 is 10.1 Å². The SMILES string of the molecule is CC(C)c1nn(C)cc1CNC(C)C1CCOC1. The normalized spacial score (nSPS) is 21.7. The molecule has 102 valence electrons. The summed E-state index contributed by atoms with van der Waals surface area (Å²) in [5, 5.41) is 8.15. The van der Waals surface area contributed by atoms with Crippen LogP contribution in [0, 0.1) is 5.92 Å². The monoisotopic (exact) mass is 251 g/mol. The summed E-state index contributed by atoms with van der Waals surface area (Å²) in [6.45, 7) is 9.36. The Morgan fingerprint density at radius 2 is 2.28 bits per heavy atom. The molecule has 0 saturated carbocycles. The number of nitrogens with one attached hydrogen (secondary N) is 1. The molecule has 1 aliphatic rings. The minimum absolute atomic E-state index is 0.480. The standard InChI is InChI=1S/C14H25N3O/c1-10(2)14-13(8-17(4)16-14)7-15-11(3)12-5-6-18-9-12/h8,10-12,15H,5-7,9H2,1-4H3. The van der Waals surface area contributed by atoms with E-state index in [1.165, 1.54) is 17.7 Å². The molecule has 0 aromatic carbocycles. The third-order valence-electron chi connectivity index (χ3n) is 3.77. The highest BCUT2D eigenvalue weighted by Gasteiger charge is 2.22. The minimum Gasteiger partial charge on any atom is -0.381 e. The molecule has 1 fully saturated rings. The molecule has 1 saturated heterocycles. The molecule has 0 amide bonds. The summed E-state index contributed by atoms with van der Waals surface area (Å²) in [6.07, 6.45) is 3.30. The molecule has 1 aromatic rings. The predicted octanol–water partition coefficient (Wildman–Crippen LogP) is 2.06. The van der Waals surface area contributed by atoms with Gasteiger partial charge in [-0.1, -0.05) is 13.8 Å². The molecule has 0 radical (unpaired) electrons. The summed E-state index contributed by atoms with van der Waals surface area (Å²) >= 11 is 0. The largest absolute Gasteiger partial charge is 0.381 e.